The standard InChI is InChI=1S/C33H37BrN2O6/c1-5-19-12-8-10-14-23(19)35-31(39)28-25(37)18-33(4,41)29(32(40)36-24-15-11-9-13-20(24)6-2)27(28)21-16-22(34)30(38)26(17-21)42-7-3/h8-17,27-29,38,41H,5-7,18H2,1-4H3,(H,35,39)(H,36,40). The maximum absolute atomic E-state index is 14.1. The fraction of sp³-hybridized carbons (Fsp3) is 0.364. The van der Waals surface area contributed by atoms with Crippen LogP contribution < -0.4 is 15.4 Å². The molecule has 0 bridgehead atoms. The smallest absolute Gasteiger partial charge is 0.235 e. The molecule has 8 nitrogen and oxygen atoms in total. The van der Waals surface area contributed by atoms with Gasteiger partial charge in [0.15, 0.2) is 11.5 Å². The van der Waals surface area contributed by atoms with E-state index in [1.807, 2.05) is 44.2 Å². The van der Waals surface area contributed by atoms with Crippen molar-refractivity contribution in [3.8, 4) is 11.5 Å². The van der Waals surface area contributed by atoms with Crippen LogP contribution >= 0.6 is 15.9 Å². The molecule has 42 heavy (non-hydrogen) atoms. The van der Waals surface area contributed by atoms with Gasteiger partial charge >= 0.3 is 0 Å². The molecule has 0 heterocycles. The summed E-state index contributed by atoms with van der Waals surface area (Å²) in [6.07, 6.45) is 0.948. The number of hydrogen-bond donors (Lipinski definition) is 4. The van der Waals surface area contributed by atoms with Gasteiger partial charge in [0.25, 0.3) is 0 Å². The molecular formula is C33H37BrN2O6. The number of benzene rings is 3. The van der Waals surface area contributed by atoms with Crippen molar-refractivity contribution in [3.05, 3.63) is 81.8 Å². The Balaban J connectivity index is 1.87. The Morgan fingerprint density at radius 1 is 0.952 bits per heavy atom. The number of para-hydroxylation sites is 2. The van der Waals surface area contributed by atoms with E-state index < -0.39 is 41.0 Å². The molecule has 4 N–H and O–H groups in total. The Bertz CT molecular complexity index is 1490. The van der Waals surface area contributed by atoms with Gasteiger partial charge in [-0.25, -0.2) is 0 Å². The third-order valence-electron chi connectivity index (χ3n) is 7.88. The molecule has 0 spiro atoms. The summed E-state index contributed by atoms with van der Waals surface area (Å²) in [7, 11) is 0. The van der Waals surface area contributed by atoms with Gasteiger partial charge in [-0.05, 0) is 83.6 Å². The Hall–Kier alpha value is -3.69. The van der Waals surface area contributed by atoms with Crippen molar-refractivity contribution in [1.29, 1.82) is 0 Å². The summed E-state index contributed by atoms with van der Waals surface area (Å²) in [6.45, 7) is 7.40. The number of rotatable bonds is 9. The van der Waals surface area contributed by atoms with Gasteiger partial charge in [0.05, 0.1) is 22.6 Å². The molecular weight excluding hydrogens is 600 g/mol. The van der Waals surface area contributed by atoms with Crippen molar-refractivity contribution in [1.82, 2.24) is 0 Å². The molecule has 1 fully saturated rings. The highest BCUT2D eigenvalue weighted by Crippen LogP contribution is 2.49. The van der Waals surface area contributed by atoms with Gasteiger partial charge in [-0.15, -0.1) is 0 Å². The number of amides is 2. The number of phenolic OH excluding ortho intramolecular Hbond substituents is 1. The van der Waals surface area contributed by atoms with Crippen molar-refractivity contribution in [3.63, 3.8) is 0 Å². The number of carbonyl (C=O) groups is 3. The highest BCUT2D eigenvalue weighted by atomic mass is 79.9. The van der Waals surface area contributed by atoms with Crippen LogP contribution in [0.2, 0.25) is 0 Å². The molecule has 2 amide bonds. The fourth-order valence-electron chi connectivity index (χ4n) is 5.87. The van der Waals surface area contributed by atoms with E-state index in [-0.39, 0.29) is 29.0 Å². The van der Waals surface area contributed by atoms with E-state index in [0.717, 1.165) is 11.1 Å². The number of phenols is 1. The van der Waals surface area contributed by atoms with Crippen molar-refractivity contribution in [2.24, 2.45) is 11.8 Å². The zero-order valence-corrected chi connectivity index (χ0v) is 25.8. The topological polar surface area (TPSA) is 125 Å². The molecule has 0 aliphatic heterocycles. The quantitative estimate of drug-likeness (QED) is 0.214. The highest BCUT2D eigenvalue weighted by Gasteiger charge is 2.56. The van der Waals surface area contributed by atoms with Gasteiger partial charge in [-0.3, -0.25) is 14.4 Å². The predicted octanol–water partition coefficient (Wildman–Crippen LogP) is 6.00. The van der Waals surface area contributed by atoms with Crippen LogP contribution in [0.25, 0.3) is 0 Å². The van der Waals surface area contributed by atoms with E-state index in [0.29, 0.717) is 29.8 Å². The first-order valence-corrected chi connectivity index (χ1v) is 15.0. The Labute approximate surface area is 254 Å². The van der Waals surface area contributed by atoms with E-state index >= 15 is 0 Å². The summed E-state index contributed by atoms with van der Waals surface area (Å²) in [5.74, 6) is -5.20. The zero-order chi connectivity index (χ0) is 30.6. The van der Waals surface area contributed by atoms with Crippen LogP contribution in [-0.2, 0) is 27.2 Å². The molecule has 222 valence electrons. The lowest BCUT2D eigenvalue weighted by molar-refractivity contribution is -0.150. The van der Waals surface area contributed by atoms with Crippen molar-refractivity contribution < 1.29 is 29.3 Å². The number of ketones is 1. The van der Waals surface area contributed by atoms with E-state index in [1.165, 1.54) is 13.0 Å². The number of hydrogen-bond acceptors (Lipinski definition) is 6. The maximum atomic E-state index is 14.1. The van der Waals surface area contributed by atoms with Gasteiger partial charge in [0, 0.05) is 23.7 Å². The Morgan fingerprint density at radius 2 is 1.50 bits per heavy atom. The molecule has 4 rings (SSSR count). The zero-order valence-electron chi connectivity index (χ0n) is 24.2. The number of halogens is 1. The maximum Gasteiger partial charge on any atom is 0.235 e. The molecule has 0 saturated heterocycles. The molecule has 0 radical (unpaired) electrons. The third kappa shape index (κ3) is 6.37. The van der Waals surface area contributed by atoms with Crippen LogP contribution in [0, 0.1) is 11.8 Å². The van der Waals surface area contributed by atoms with Crippen molar-refractivity contribution >= 4 is 44.9 Å². The number of aryl methyl sites for hydroxylation is 2. The number of nitrogens with one attached hydrogen (secondary N) is 2. The van der Waals surface area contributed by atoms with E-state index in [2.05, 4.69) is 26.6 Å². The molecule has 9 heteroatoms. The first-order chi connectivity index (χ1) is 20.0. The summed E-state index contributed by atoms with van der Waals surface area (Å²) < 4.78 is 5.91. The molecule has 0 aromatic heterocycles. The summed E-state index contributed by atoms with van der Waals surface area (Å²) in [4.78, 5) is 41.8. The Morgan fingerprint density at radius 3 is 2.05 bits per heavy atom. The second-order valence-corrected chi connectivity index (χ2v) is 11.6. The summed E-state index contributed by atoms with van der Waals surface area (Å²) in [5.41, 5.74) is 1.59. The lowest BCUT2D eigenvalue weighted by Gasteiger charge is -2.44. The number of Topliss-reactive ketones (excluding diaryl/α,β-unsaturated/α-hetero) is 1. The van der Waals surface area contributed by atoms with Gasteiger partial charge in [-0.2, -0.15) is 0 Å². The largest absolute Gasteiger partial charge is 0.503 e. The first kappa shape index (κ1) is 31.3. The van der Waals surface area contributed by atoms with Crippen LogP contribution in [0.3, 0.4) is 0 Å². The van der Waals surface area contributed by atoms with E-state index in [1.54, 1.807) is 31.2 Å². The normalized spacial score (nSPS) is 22.0. The number of anilines is 2. The van der Waals surface area contributed by atoms with Gasteiger partial charge in [0.2, 0.25) is 11.8 Å². The lowest BCUT2D eigenvalue weighted by atomic mass is 9.61. The summed E-state index contributed by atoms with van der Waals surface area (Å²) in [6, 6.07) is 17.8. The van der Waals surface area contributed by atoms with E-state index in [4.69, 9.17) is 4.74 Å². The van der Waals surface area contributed by atoms with Crippen LogP contribution in [0.5, 0.6) is 11.5 Å². The lowest BCUT2D eigenvalue weighted by Crippen LogP contribution is -2.56. The second kappa shape index (κ2) is 13.1. The third-order valence-corrected chi connectivity index (χ3v) is 8.48. The molecule has 1 saturated carbocycles. The van der Waals surface area contributed by atoms with Gasteiger partial charge < -0.3 is 25.6 Å². The van der Waals surface area contributed by atoms with E-state index in [9.17, 15) is 24.6 Å². The number of carbonyl (C=O) groups excluding carboxylic acids is 3. The van der Waals surface area contributed by atoms with Gasteiger partial charge in [-0.1, -0.05) is 50.2 Å². The molecule has 1 aliphatic carbocycles. The molecule has 3 aromatic carbocycles. The first-order valence-electron chi connectivity index (χ1n) is 14.2. The van der Waals surface area contributed by atoms with Crippen molar-refractivity contribution in [2.75, 3.05) is 17.2 Å². The second-order valence-electron chi connectivity index (χ2n) is 10.8. The van der Waals surface area contributed by atoms with Crippen molar-refractivity contribution in [2.45, 2.75) is 58.5 Å². The summed E-state index contributed by atoms with van der Waals surface area (Å²) in [5, 5.41) is 28.2. The average molecular weight is 638 g/mol. The minimum atomic E-state index is -1.78. The fourth-order valence-corrected chi connectivity index (χ4v) is 6.33. The molecule has 3 aromatic rings. The van der Waals surface area contributed by atoms with Crippen LogP contribution in [0.15, 0.2) is 65.1 Å². The minimum Gasteiger partial charge on any atom is -0.503 e. The molecule has 4 unspecified atom stereocenters. The minimum absolute atomic E-state index is 0.130. The van der Waals surface area contributed by atoms with Gasteiger partial charge in [0.1, 0.15) is 11.7 Å². The molecule has 4 atom stereocenters. The van der Waals surface area contributed by atoms with Crippen LogP contribution in [0.1, 0.15) is 56.7 Å². The van der Waals surface area contributed by atoms with Crippen LogP contribution in [-0.4, -0.2) is 40.0 Å². The number of aliphatic hydroxyl groups is 1. The molecule has 1 aliphatic rings. The number of aromatic hydroxyl groups is 1. The monoisotopic (exact) mass is 636 g/mol. The highest BCUT2D eigenvalue weighted by molar-refractivity contribution is 9.10. The number of ether oxygens (including phenoxy) is 1. The predicted molar refractivity (Wildman–Crippen MR) is 166 cm³/mol. The summed E-state index contributed by atoms with van der Waals surface area (Å²) >= 11 is 3.36. The van der Waals surface area contributed by atoms with Crippen LogP contribution in [0.4, 0.5) is 11.4 Å². The Kier molecular flexibility index (Phi) is 9.74. The SMILES string of the molecule is CCOc1cc(C2C(C(=O)Nc3ccccc3CC)C(=O)CC(C)(O)C2C(=O)Nc2ccccc2CC)cc(Br)c1O. The average Bonchev–Trinajstić information content (AvgIpc) is 2.95.